The van der Waals surface area contributed by atoms with Crippen LogP contribution in [0.3, 0.4) is 0 Å². The van der Waals surface area contributed by atoms with Crippen LogP contribution in [0.4, 0.5) is 0 Å². The van der Waals surface area contributed by atoms with E-state index in [1.165, 1.54) is 6.26 Å². The summed E-state index contributed by atoms with van der Waals surface area (Å²) in [4.78, 5) is 0. The van der Waals surface area contributed by atoms with Gasteiger partial charge in [-0.1, -0.05) is 49.3 Å². The summed E-state index contributed by atoms with van der Waals surface area (Å²) >= 11 is 2.42. The predicted octanol–water partition coefficient (Wildman–Crippen LogP) is 2.79. The molecule has 1 saturated heterocycles. The molecule has 0 unspecified atom stereocenters. The Morgan fingerprint density at radius 2 is 2.00 bits per heavy atom. The SMILES string of the molecule is CCCC[C@H]1[C@H](I)C[C@H](CC)N1S(C)(=O)=O. The smallest absolute Gasteiger partial charge is 0.211 e. The molecule has 0 aromatic rings. The summed E-state index contributed by atoms with van der Waals surface area (Å²) in [6, 6.07) is 0.444. The topological polar surface area (TPSA) is 37.4 Å². The number of nitrogens with zero attached hydrogens (tertiary/aromatic N) is 1. The molecule has 1 aliphatic rings. The minimum absolute atomic E-state index is 0.221. The Morgan fingerprint density at radius 1 is 1.38 bits per heavy atom. The zero-order valence-electron chi connectivity index (χ0n) is 10.3. The summed E-state index contributed by atoms with van der Waals surface area (Å²) in [6.07, 6.45) is 6.55. The lowest BCUT2D eigenvalue weighted by Gasteiger charge is -2.28. The molecule has 1 rings (SSSR count). The van der Waals surface area contributed by atoms with Gasteiger partial charge in [0.1, 0.15) is 0 Å². The van der Waals surface area contributed by atoms with Crippen LogP contribution in [0, 0.1) is 0 Å². The first kappa shape index (κ1) is 14.7. The summed E-state index contributed by atoms with van der Waals surface area (Å²) in [5, 5.41) is 0. The normalized spacial score (nSPS) is 32.1. The maximum absolute atomic E-state index is 11.8. The van der Waals surface area contributed by atoms with Crippen molar-refractivity contribution in [3.63, 3.8) is 0 Å². The second kappa shape index (κ2) is 6.00. The molecule has 3 atom stereocenters. The summed E-state index contributed by atoms with van der Waals surface area (Å²) in [5.74, 6) is 0. The Balaban J connectivity index is 2.86. The van der Waals surface area contributed by atoms with E-state index in [0.29, 0.717) is 3.92 Å². The van der Waals surface area contributed by atoms with Crippen molar-refractivity contribution in [2.24, 2.45) is 0 Å². The first-order valence-corrected chi connectivity index (χ1v) is 9.13. The van der Waals surface area contributed by atoms with Gasteiger partial charge in [-0.25, -0.2) is 8.42 Å². The molecule has 0 saturated carbocycles. The molecule has 0 spiro atoms. The number of halogens is 1. The van der Waals surface area contributed by atoms with Gasteiger partial charge in [0.25, 0.3) is 0 Å². The maximum atomic E-state index is 11.8. The minimum Gasteiger partial charge on any atom is -0.212 e. The molecule has 1 aliphatic heterocycles. The van der Waals surface area contributed by atoms with Gasteiger partial charge < -0.3 is 0 Å². The van der Waals surface area contributed by atoms with Gasteiger partial charge in [0, 0.05) is 16.0 Å². The molecular formula is C11H22INO2S. The van der Waals surface area contributed by atoms with Crippen molar-refractivity contribution in [2.45, 2.75) is 62.0 Å². The van der Waals surface area contributed by atoms with Gasteiger partial charge in [-0.2, -0.15) is 4.31 Å². The minimum atomic E-state index is -3.05. The monoisotopic (exact) mass is 359 g/mol. The molecule has 0 aromatic carbocycles. The first-order valence-electron chi connectivity index (χ1n) is 6.04. The van der Waals surface area contributed by atoms with Crippen molar-refractivity contribution in [1.82, 2.24) is 4.31 Å². The fraction of sp³-hybridized carbons (Fsp3) is 1.00. The van der Waals surface area contributed by atoms with Crippen LogP contribution in [-0.2, 0) is 10.0 Å². The Morgan fingerprint density at radius 3 is 2.44 bits per heavy atom. The van der Waals surface area contributed by atoms with Gasteiger partial charge in [0.05, 0.1) is 6.26 Å². The van der Waals surface area contributed by atoms with Crippen LogP contribution in [0.15, 0.2) is 0 Å². The quantitative estimate of drug-likeness (QED) is 0.559. The Kier molecular flexibility index (Phi) is 5.51. The molecule has 3 nitrogen and oxygen atoms in total. The van der Waals surface area contributed by atoms with Crippen molar-refractivity contribution >= 4 is 32.6 Å². The Hall–Kier alpha value is 0.640. The highest BCUT2D eigenvalue weighted by molar-refractivity contribution is 14.1. The molecule has 0 bridgehead atoms. The molecule has 0 amide bonds. The van der Waals surface area contributed by atoms with Crippen molar-refractivity contribution < 1.29 is 8.42 Å². The lowest BCUT2D eigenvalue weighted by Crippen LogP contribution is -2.41. The van der Waals surface area contributed by atoms with Gasteiger partial charge in [0.2, 0.25) is 10.0 Å². The van der Waals surface area contributed by atoms with Crippen LogP contribution in [0.25, 0.3) is 0 Å². The highest BCUT2D eigenvalue weighted by Gasteiger charge is 2.43. The maximum Gasteiger partial charge on any atom is 0.211 e. The van der Waals surface area contributed by atoms with Crippen molar-refractivity contribution in [3.8, 4) is 0 Å². The average Bonchev–Trinajstić information content (AvgIpc) is 2.51. The molecule has 0 radical (unpaired) electrons. The first-order chi connectivity index (χ1) is 7.41. The molecule has 0 aliphatic carbocycles. The highest BCUT2D eigenvalue weighted by Crippen LogP contribution is 2.36. The zero-order valence-corrected chi connectivity index (χ0v) is 13.3. The van der Waals surface area contributed by atoms with Crippen LogP contribution in [0.5, 0.6) is 0 Å². The number of alkyl halides is 1. The molecule has 0 aromatic heterocycles. The third kappa shape index (κ3) is 3.32. The van der Waals surface area contributed by atoms with E-state index in [1.54, 1.807) is 4.31 Å². The predicted molar refractivity (Wildman–Crippen MR) is 76.5 cm³/mol. The fourth-order valence-corrected chi connectivity index (χ4v) is 5.57. The van der Waals surface area contributed by atoms with E-state index in [0.717, 1.165) is 32.1 Å². The number of rotatable bonds is 5. The number of sulfonamides is 1. The molecule has 1 heterocycles. The van der Waals surface area contributed by atoms with E-state index in [4.69, 9.17) is 0 Å². The van der Waals surface area contributed by atoms with Gasteiger partial charge in [-0.3, -0.25) is 0 Å². The largest absolute Gasteiger partial charge is 0.212 e. The van der Waals surface area contributed by atoms with Crippen molar-refractivity contribution in [3.05, 3.63) is 0 Å². The number of unbranched alkanes of at least 4 members (excludes halogenated alkanes) is 1. The van der Waals surface area contributed by atoms with E-state index < -0.39 is 10.0 Å². The van der Waals surface area contributed by atoms with Crippen molar-refractivity contribution in [2.75, 3.05) is 6.26 Å². The van der Waals surface area contributed by atoms with E-state index >= 15 is 0 Å². The summed E-state index contributed by atoms with van der Waals surface area (Å²) in [5.41, 5.74) is 0. The average molecular weight is 359 g/mol. The van der Waals surface area contributed by atoms with Crippen molar-refractivity contribution in [1.29, 1.82) is 0 Å². The molecule has 96 valence electrons. The zero-order chi connectivity index (χ0) is 12.3. The Labute approximate surface area is 113 Å². The van der Waals surface area contributed by atoms with Gasteiger partial charge in [-0.05, 0) is 19.3 Å². The number of hydrogen-bond donors (Lipinski definition) is 0. The lowest BCUT2D eigenvalue weighted by atomic mass is 10.1. The van der Waals surface area contributed by atoms with Crippen LogP contribution < -0.4 is 0 Å². The van der Waals surface area contributed by atoms with Crippen LogP contribution in [0.1, 0.15) is 46.0 Å². The molecule has 5 heteroatoms. The van der Waals surface area contributed by atoms with Crippen LogP contribution in [0.2, 0.25) is 0 Å². The highest BCUT2D eigenvalue weighted by atomic mass is 127. The van der Waals surface area contributed by atoms with Gasteiger partial charge >= 0.3 is 0 Å². The Bertz CT molecular complexity index is 318. The summed E-state index contributed by atoms with van der Waals surface area (Å²) in [7, 11) is -3.05. The molecular weight excluding hydrogens is 337 g/mol. The molecule has 0 N–H and O–H groups in total. The van der Waals surface area contributed by atoms with E-state index in [9.17, 15) is 8.42 Å². The second-order valence-corrected chi connectivity index (χ2v) is 8.10. The molecule has 1 fully saturated rings. The second-order valence-electron chi connectivity index (χ2n) is 4.62. The van der Waals surface area contributed by atoms with Gasteiger partial charge in [-0.15, -0.1) is 0 Å². The number of hydrogen-bond acceptors (Lipinski definition) is 2. The van der Waals surface area contributed by atoms with E-state index in [1.807, 2.05) is 0 Å². The lowest BCUT2D eigenvalue weighted by molar-refractivity contribution is 0.305. The summed E-state index contributed by atoms with van der Waals surface area (Å²) < 4.78 is 25.9. The van der Waals surface area contributed by atoms with Gasteiger partial charge in [0.15, 0.2) is 0 Å². The third-order valence-corrected chi connectivity index (χ3v) is 5.98. The summed E-state index contributed by atoms with van der Waals surface area (Å²) in [6.45, 7) is 4.23. The van der Waals surface area contributed by atoms with E-state index in [2.05, 4.69) is 36.4 Å². The van der Waals surface area contributed by atoms with E-state index in [-0.39, 0.29) is 12.1 Å². The molecule has 16 heavy (non-hydrogen) atoms. The fourth-order valence-electron chi connectivity index (χ4n) is 2.54. The third-order valence-electron chi connectivity index (χ3n) is 3.31. The van der Waals surface area contributed by atoms with Crippen LogP contribution in [-0.4, -0.2) is 35.0 Å². The van der Waals surface area contributed by atoms with Crippen LogP contribution >= 0.6 is 22.6 Å². The standard InChI is InChI=1S/C11H22INO2S/c1-4-6-7-11-10(12)8-9(5-2)13(11)16(3,14)15/h9-11H,4-8H2,1-3H3/t9-,10+,11-/m0/s1.